The van der Waals surface area contributed by atoms with Crippen LogP contribution in [0.4, 0.5) is 0 Å². The van der Waals surface area contributed by atoms with E-state index in [0.29, 0.717) is 13.2 Å². The van der Waals surface area contributed by atoms with Crippen molar-refractivity contribution in [2.24, 2.45) is 0 Å². The average molecular weight is 489 g/mol. The van der Waals surface area contributed by atoms with E-state index < -0.39 is 14.9 Å². The summed E-state index contributed by atoms with van der Waals surface area (Å²) in [7, 11) is -5.44. The summed E-state index contributed by atoms with van der Waals surface area (Å²) < 4.78 is 26.4. The highest BCUT2D eigenvalue weighted by molar-refractivity contribution is 7.92. The molecule has 0 saturated heterocycles. The average Bonchev–Trinajstić information content (AvgIpc) is 2.84. The fourth-order valence-electron chi connectivity index (χ4n) is 4.04. The molecule has 0 aromatic heterocycles. The third-order valence-corrected chi connectivity index (χ3v) is 16.3. The van der Waals surface area contributed by atoms with E-state index in [1.54, 1.807) is 0 Å². The van der Waals surface area contributed by atoms with Crippen LogP contribution in [0.3, 0.4) is 0 Å². The second-order valence-electron chi connectivity index (χ2n) is 9.76. The van der Waals surface area contributed by atoms with Gasteiger partial charge in [0.2, 0.25) is 0 Å². The molecule has 0 aliphatic carbocycles. The van der Waals surface area contributed by atoms with Crippen LogP contribution in [0.1, 0.15) is 82.3 Å². The van der Waals surface area contributed by atoms with Gasteiger partial charge < -0.3 is 9.05 Å². The predicted molar refractivity (Wildman–Crippen MR) is 144 cm³/mol. The number of rotatable bonds is 18. The van der Waals surface area contributed by atoms with Gasteiger partial charge in [-0.1, -0.05) is 145 Å². The van der Waals surface area contributed by atoms with E-state index in [2.05, 4.69) is 20.0 Å². The number of benzene rings is 2. The molecule has 184 valence electrons. The van der Waals surface area contributed by atoms with E-state index in [1.807, 2.05) is 60.7 Å². The standard InChI is InChI=1S/C28H45O3PSi/c1-4-5-6-7-8-9-10-11-12-19-24-33(2,3)32(29,30-25-27-20-15-13-16-21-27)31-26-28-22-17-14-18-23-28/h13-18,20-23H,4-12,19,24-26H2,1-3H3. The van der Waals surface area contributed by atoms with E-state index in [-0.39, 0.29) is 0 Å². The fraction of sp³-hybridized carbons (Fsp3) is 0.571. The maximum atomic E-state index is 14.1. The Labute approximate surface area is 203 Å². The van der Waals surface area contributed by atoms with Crippen molar-refractivity contribution in [2.45, 2.75) is 103 Å². The third kappa shape index (κ3) is 10.7. The zero-order valence-electron chi connectivity index (χ0n) is 21.1. The van der Waals surface area contributed by atoms with E-state index in [1.165, 1.54) is 57.8 Å². The maximum absolute atomic E-state index is 14.1. The first-order valence-corrected chi connectivity index (χ1v) is 18.5. The van der Waals surface area contributed by atoms with Crippen LogP contribution < -0.4 is 0 Å². The van der Waals surface area contributed by atoms with Crippen molar-refractivity contribution in [1.29, 1.82) is 0 Å². The molecule has 0 spiro atoms. The molecule has 2 aromatic rings. The Bertz CT molecular complexity index is 748. The normalized spacial score (nSPS) is 12.2. The van der Waals surface area contributed by atoms with Crippen molar-refractivity contribution >= 4 is 14.9 Å². The lowest BCUT2D eigenvalue weighted by Crippen LogP contribution is -2.28. The first-order chi connectivity index (χ1) is 16.0. The van der Waals surface area contributed by atoms with Crippen LogP contribution in [0.25, 0.3) is 0 Å². The molecular formula is C28H45O3PSi. The highest BCUT2D eigenvalue weighted by atomic mass is 31.4. The summed E-state index contributed by atoms with van der Waals surface area (Å²) in [5.41, 5.74) is 2.06. The Morgan fingerprint density at radius 3 is 1.45 bits per heavy atom. The summed E-state index contributed by atoms with van der Waals surface area (Å²) in [6, 6.07) is 20.9. The lowest BCUT2D eigenvalue weighted by molar-refractivity contribution is 0.202. The number of hydrogen-bond donors (Lipinski definition) is 0. The SMILES string of the molecule is CCCCCCCCCCCC[Si](C)(C)P(=O)(OCc1ccccc1)OCc1ccccc1. The summed E-state index contributed by atoms with van der Waals surface area (Å²) in [6.45, 7) is 7.29. The topological polar surface area (TPSA) is 35.5 Å². The summed E-state index contributed by atoms with van der Waals surface area (Å²) in [6.07, 6.45) is 13.1. The number of hydrogen-bond acceptors (Lipinski definition) is 3. The Morgan fingerprint density at radius 1 is 0.636 bits per heavy atom. The van der Waals surface area contributed by atoms with Gasteiger partial charge in [-0.25, -0.2) is 0 Å². The molecule has 0 saturated carbocycles. The van der Waals surface area contributed by atoms with Gasteiger partial charge in [-0.2, -0.15) is 0 Å². The minimum absolute atomic E-state index is 0.335. The molecule has 33 heavy (non-hydrogen) atoms. The van der Waals surface area contributed by atoms with Gasteiger partial charge in [0.05, 0.1) is 13.2 Å². The van der Waals surface area contributed by atoms with Crippen molar-refractivity contribution in [3.8, 4) is 0 Å². The number of unbranched alkanes of at least 4 members (excludes halogenated alkanes) is 9. The molecular weight excluding hydrogens is 443 g/mol. The summed E-state index contributed by atoms with van der Waals surface area (Å²) >= 11 is 0. The first-order valence-electron chi connectivity index (χ1n) is 12.9. The van der Waals surface area contributed by atoms with Crippen LogP contribution in [-0.2, 0) is 26.8 Å². The lowest BCUT2D eigenvalue weighted by Gasteiger charge is -2.31. The van der Waals surface area contributed by atoms with Crippen LogP contribution in [0, 0.1) is 0 Å². The molecule has 2 rings (SSSR count). The third-order valence-electron chi connectivity index (χ3n) is 6.37. The van der Waals surface area contributed by atoms with Crippen LogP contribution in [0.2, 0.25) is 19.1 Å². The largest absolute Gasteiger partial charge is 0.308 e. The van der Waals surface area contributed by atoms with Gasteiger partial charge in [-0.3, -0.25) is 4.57 Å². The highest BCUT2D eigenvalue weighted by Gasteiger charge is 2.45. The smallest absolute Gasteiger partial charge is 0.297 e. The first kappa shape index (κ1) is 28.0. The van der Waals surface area contributed by atoms with Gasteiger partial charge >= 0.3 is 0 Å². The highest BCUT2D eigenvalue weighted by Crippen LogP contribution is 2.60. The van der Waals surface area contributed by atoms with Crippen LogP contribution >= 0.6 is 7.14 Å². The zero-order chi connectivity index (χ0) is 23.8. The molecule has 0 N–H and O–H groups in total. The minimum atomic E-state index is -3.19. The zero-order valence-corrected chi connectivity index (χ0v) is 23.0. The van der Waals surface area contributed by atoms with Crippen LogP contribution in [-0.4, -0.2) is 7.74 Å². The fourth-order valence-corrected chi connectivity index (χ4v) is 10.6. The van der Waals surface area contributed by atoms with E-state index >= 15 is 0 Å². The molecule has 0 unspecified atom stereocenters. The van der Waals surface area contributed by atoms with Gasteiger partial charge in [0, 0.05) is 0 Å². The molecule has 0 aliphatic heterocycles. The lowest BCUT2D eigenvalue weighted by atomic mass is 10.1. The van der Waals surface area contributed by atoms with Gasteiger partial charge in [0.1, 0.15) is 0 Å². The van der Waals surface area contributed by atoms with Crippen molar-refractivity contribution in [1.82, 2.24) is 0 Å². The molecule has 2 aromatic carbocycles. The quantitative estimate of drug-likeness (QED) is 0.119. The maximum Gasteiger partial charge on any atom is 0.297 e. The molecule has 0 aliphatic rings. The molecule has 0 heterocycles. The molecule has 0 amide bonds. The van der Waals surface area contributed by atoms with E-state index in [9.17, 15) is 4.57 Å². The molecule has 0 bridgehead atoms. The summed E-state index contributed by atoms with van der Waals surface area (Å²) in [5.74, 6) is 0. The van der Waals surface area contributed by atoms with Gasteiger partial charge in [-0.05, 0) is 17.2 Å². The predicted octanol–water partition coefficient (Wildman–Crippen LogP) is 9.74. The summed E-state index contributed by atoms with van der Waals surface area (Å²) in [5, 5.41) is 0. The Hall–Kier alpha value is -1.19. The van der Waals surface area contributed by atoms with Crippen molar-refractivity contribution in [3.05, 3.63) is 71.8 Å². The Kier molecular flexibility index (Phi) is 13.3. The second kappa shape index (κ2) is 15.7. The van der Waals surface area contributed by atoms with Crippen molar-refractivity contribution in [3.63, 3.8) is 0 Å². The van der Waals surface area contributed by atoms with E-state index in [4.69, 9.17) is 9.05 Å². The molecule has 0 atom stereocenters. The van der Waals surface area contributed by atoms with Crippen molar-refractivity contribution < 1.29 is 13.6 Å². The molecule has 0 fully saturated rings. The van der Waals surface area contributed by atoms with E-state index in [0.717, 1.165) is 23.6 Å². The van der Waals surface area contributed by atoms with Gasteiger partial charge in [0.25, 0.3) is 7.14 Å². The summed E-state index contributed by atoms with van der Waals surface area (Å²) in [4.78, 5) is 0. The van der Waals surface area contributed by atoms with Gasteiger partial charge in [0.15, 0.2) is 7.74 Å². The molecule has 5 heteroatoms. The molecule has 0 radical (unpaired) electrons. The monoisotopic (exact) mass is 488 g/mol. The Morgan fingerprint density at radius 2 is 1.03 bits per heavy atom. The van der Waals surface area contributed by atoms with Crippen LogP contribution in [0.15, 0.2) is 60.7 Å². The second-order valence-corrected chi connectivity index (χ2v) is 20.7. The minimum Gasteiger partial charge on any atom is -0.308 e. The Balaban J connectivity index is 1.85. The molecule has 3 nitrogen and oxygen atoms in total. The van der Waals surface area contributed by atoms with Gasteiger partial charge in [-0.15, -0.1) is 0 Å². The van der Waals surface area contributed by atoms with Crippen molar-refractivity contribution in [2.75, 3.05) is 0 Å². The van der Waals surface area contributed by atoms with Crippen LogP contribution in [0.5, 0.6) is 0 Å².